The second kappa shape index (κ2) is 5.33. The molecule has 0 unspecified atom stereocenters. The van der Waals surface area contributed by atoms with Crippen LogP contribution in [0.15, 0.2) is 22.7 Å². The molecular formula is C13H15BrClN3. The van der Waals surface area contributed by atoms with Crippen LogP contribution in [0.4, 0.5) is 5.82 Å². The Bertz CT molecular complexity index is 578. The van der Waals surface area contributed by atoms with Gasteiger partial charge in [-0.1, -0.05) is 40.5 Å². The lowest BCUT2D eigenvalue weighted by molar-refractivity contribution is 0.665. The van der Waals surface area contributed by atoms with Crippen LogP contribution in [0.5, 0.6) is 0 Å². The topological polar surface area (TPSA) is 43.8 Å². The van der Waals surface area contributed by atoms with Gasteiger partial charge in [0.15, 0.2) is 0 Å². The van der Waals surface area contributed by atoms with Crippen molar-refractivity contribution in [2.24, 2.45) is 0 Å². The second-order valence-corrected chi connectivity index (χ2v) is 5.46. The molecule has 2 aromatic rings. The Hall–Kier alpha value is -1.00. The number of aromatic nitrogens is 2. The minimum Gasteiger partial charge on any atom is -0.383 e. The summed E-state index contributed by atoms with van der Waals surface area (Å²) in [6.45, 7) is 4.98. The zero-order valence-electron chi connectivity index (χ0n) is 10.4. The molecule has 5 heteroatoms. The van der Waals surface area contributed by atoms with Crippen molar-refractivity contribution in [3.8, 4) is 11.3 Å². The van der Waals surface area contributed by atoms with Crippen LogP contribution in [-0.4, -0.2) is 9.55 Å². The first-order valence-corrected chi connectivity index (χ1v) is 6.99. The molecule has 0 bridgehead atoms. The van der Waals surface area contributed by atoms with Gasteiger partial charge < -0.3 is 10.3 Å². The molecule has 1 aromatic carbocycles. The summed E-state index contributed by atoms with van der Waals surface area (Å²) in [5.74, 6) is 1.64. The number of anilines is 1. The van der Waals surface area contributed by atoms with Gasteiger partial charge in [0, 0.05) is 21.6 Å². The van der Waals surface area contributed by atoms with Gasteiger partial charge >= 0.3 is 0 Å². The molecule has 0 atom stereocenters. The molecule has 0 aliphatic rings. The van der Waals surface area contributed by atoms with Gasteiger partial charge in [0.05, 0.1) is 0 Å². The normalized spacial score (nSPS) is 10.9. The van der Waals surface area contributed by atoms with Crippen molar-refractivity contribution < 1.29 is 0 Å². The summed E-state index contributed by atoms with van der Waals surface area (Å²) in [4.78, 5) is 4.55. The molecule has 0 saturated heterocycles. The number of aryl methyl sites for hydroxylation is 1. The molecule has 0 radical (unpaired) electrons. The Morgan fingerprint density at radius 2 is 2.17 bits per heavy atom. The lowest BCUT2D eigenvalue weighted by Gasteiger charge is -2.06. The average Bonchev–Trinajstić information content (AvgIpc) is 2.58. The first kappa shape index (κ1) is 13.4. The van der Waals surface area contributed by atoms with Gasteiger partial charge in [-0.15, -0.1) is 0 Å². The SMILES string of the molecule is CCCn1c(C)nc(-c2ccc(Cl)cc2Br)c1N. The standard InChI is InChI=1S/C13H15BrClN3/c1-3-6-18-8(2)17-12(13(18)16)10-5-4-9(15)7-11(10)14/h4-5,7H,3,6,16H2,1-2H3. The van der Waals surface area contributed by atoms with Gasteiger partial charge in [-0.2, -0.15) is 0 Å². The van der Waals surface area contributed by atoms with Crippen LogP contribution < -0.4 is 5.73 Å². The van der Waals surface area contributed by atoms with Crippen molar-refractivity contribution >= 4 is 33.3 Å². The Balaban J connectivity index is 2.54. The minimum absolute atomic E-state index is 0.689. The van der Waals surface area contributed by atoms with Crippen LogP contribution in [0.1, 0.15) is 19.2 Å². The van der Waals surface area contributed by atoms with E-state index >= 15 is 0 Å². The Labute approximate surface area is 120 Å². The van der Waals surface area contributed by atoms with E-state index < -0.39 is 0 Å². The molecule has 0 fully saturated rings. The number of halogens is 2. The van der Waals surface area contributed by atoms with E-state index in [0.29, 0.717) is 10.8 Å². The predicted molar refractivity (Wildman–Crippen MR) is 79.8 cm³/mol. The summed E-state index contributed by atoms with van der Waals surface area (Å²) in [6, 6.07) is 5.63. The van der Waals surface area contributed by atoms with E-state index in [0.717, 1.165) is 34.5 Å². The summed E-state index contributed by atoms with van der Waals surface area (Å²) in [7, 11) is 0. The number of benzene rings is 1. The average molecular weight is 329 g/mol. The van der Waals surface area contributed by atoms with Gasteiger partial charge in [0.25, 0.3) is 0 Å². The van der Waals surface area contributed by atoms with E-state index in [1.807, 2.05) is 29.7 Å². The maximum Gasteiger partial charge on any atom is 0.131 e. The fourth-order valence-corrected chi connectivity index (χ4v) is 2.84. The first-order chi connectivity index (χ1) is 8.54. The molecule has 0 amide bonds. The Kier molecular flexibility index (Phi) is 3.97. The highest BCUT2D eigenvalue weighted by Gasteiger charge is 2.15. The van der Waals surface area contributed by atoms with Crippen molar-refractivity contribution in [1.29, 1.82) is 0 Å². The third-order valence-corrected chi connectivity index (χ3v) is 3.72. The molecule has 0 spiro atoms. The molecule has 96 valence electrons. The summed E-state index contributed by atoms with van der Waals surface area (Å²) < 4.78 is 2.94. The quantitative estimate of drug-likeness (QED) is 0.914. The number of nitrogens with two attached hydrogens (primary N) is 1. The van der Waals surface area contributed by atoms with Gasteiger partial charge in [-0.3, -0.25) is 0 Å². The maximum atomic E-state index is 6.18. The molecule has 0 aliphatic heterocycles. The monoisotopic (exact) mass is 327 g/mol. The number of hydrogen-bond acceptors (Lipinski definition) is 2. The van der Waals surface area contributed by atoms with Crippen molar-refractivity contribution in [2.75, 3.05) is 5.73 Å². The summed E-state index contributed by atoms with van der Waals surface area (Å²) in [6.07, 6.45) is 1.03. The molecular weight excluding hydrogens is 314 g/mol. The fraction of sp³-hybridized carbons (Fsp3) is 0.308. The fourth-order valence-electron chi connectivity index (χ4n) is 1.97. The lowest BCUT2D eigenvalue weighted by atomic mass is 10.1. The van der Waals surface area contributed by atoms with Crippen molar-refractivity contribution in [1.82, 2.24) is 9.55 Å². The van der Waals surface area contributed by atoms with Crippen LogP contribution in [0.3, 0.4) is 0 Å². The highest BCUT2D eigenvalue weighted by Crippen LogP contribution is 2.33. The van der Waals surface area contributed by atoms with Gasteiger partial charge in [0.1, 0.15) is 17.3 Å². The summed E-state index contributed by atoms with van der Waals surface area (Å²) >= 11 is 9.45. The molecule has 3 nitrogen and oxygen atoms in total. The van der Waals surface area contributed by atoms with Crippen LogP contribution in [0.25, 0.3) is 11.3 Å². The van der Waals surface area contributed by atoms with Gasteiger partial charge in [-0.25, -0.2) is 4.98 Å². The molecule has 0 saturated carbocycles. The third-order valence-electron chi connectivity index (χ3n) is 2.83. The van der Waals surface area contributed by atoms with E-state index in [2.05, 4.69) is 27.8 Å². The molecule has 0 aliphatic carbocycles. The van der Waals surface area contributed by atoms with Crippen LogP contribution >= 0.6 is 27.5 Å². The van der Waals surface area contributed by atoms with E-state index in [1.54, 1.807) is 0 Å². The van der Waals surface area contributed by atoms with Crippen molar-refractivity contribution in [3.63, 3.8) is 0 Å². The molecule has 1 aromatic heterocycles. The van der Waals surface area contributed by atoms with Crippen molar-refractivity contribution in [2.45, 2.75) is 26.8 Å². The zero-order valence-corrected chi connectivity index (χ0v) is 12.7. The van der Waals surface area contributed by atoms with Crippen LogP contribution in [-0.2, 0) is 6.54 Å². The van der Waals surface area contributed by atoms with E-state index in [4.69, 9.17) is 17.3 Å². The number of imidazole rings is 1. The van der Waals surface area contributed by atoms with Gasteiger partial charge in [0.2, 0.25) is 0 Å². The van der Waals surface area contributed by atoms with Gasteiger partial charge in [-0.05, 0) is 25.5 Å². The lowest BCUT2D eigenvalue weighted by Crippen LogP contribution is -2.04. The zero-order chi connectivity index (χ0) is 13.3. The largest absolute Gasteiger partial charge is 0.383 e. The highest BCUT2D eigenvalue weighted by molar-refractivity contribution is 9.10. The van der Waals surface area contributed by atoms with E-state index in [9.17, 15) is 0 Å². The number of nitrogens with zero attached hydrogens (tertiary/aromatic N) is 2. The van der Waals surface area contributed by atoms with Crippen molar-refractivity contribution in [3.05, 3.63) is 33.5 Å². The smallest absolute Gasteiger partial charge is 0.131 e. The highest BCUT2D eigenvalue weighted by atomic mass is 79.9. The predicted octanol–water partition coefficient (Wildman–Crippen LogP) is 4.27. The van der Waals surface area contributed by atoms with Crippen LogP contribution in [0.2, 0.25) is 5.02 Å². The first-order valence-electron chi connectivity index (χ1n) is 5.82. The van der Waals surface area contributed by atoms with E-state index in [-0.39, 0.29) is 0 Å². The number of hydrogen-bond donors (Lipinski definition) is 1. The maximum absolute atomic E-state index is 6.18. The molecule has 2 N–H and O–H groups in total. The third kappa shape index (κ3) is 2.40. The Morgan fingerprint density at radius 1 is 1.44 bits per heavy atom. The van der Waals surface area contributed by atoms with Crippen LogP contribution in [0, 0.1) is 6.92 Å². The number of nitrogen functional groups attached to an aromatic ring is 1. The minimum atomic E-state index is 0.689. The second-order valence-electron chi connectivity index (χ2n) is 4.17. The molecule has 18 heavy (non-hydrogen) atoms. The summed E-state index contributed by atoms with van der Waals surface area (Å²) in [5.41, 5.74) is 7.95. The number of rotatable bonds is 3. The molecule has 1 heterocycles. The summed E-state index contributed by atoms with van der Waals surface area (Å²) in [5, 5.41) is 0.689. The van der Waals surface area contributed by atoms with E-state index in [1.165, 1.54) is 0 Å². The Morgan fingerprint density at radius 3 is 2.78 bits per heavy atom. The molecule has 2 rings (SSSR count).